The molecular formula is C13H14ClNO5. The van der Waals surface area contributed by atoms with Gasteiger partial charge in [-0.05, 0) is 18.2 Å². The minimum absolute atomic E-state index is 0.0458. The van der Waals surface area contributed by atoms with Crippen molar-refractivity contribution >= 4 is 23.5 Å². The molecule has 1 fully saturated rings. The van der Waals surface area contributed by atoms with E-state index in [0.717, 1.165) is 0 Å². The zero-order valence-corrected chi connectivity index (χ0v) is 11.6. The van der Waals surface area contributed by atoms with Gasteiger partial charge in [-0.3, -0.25) is 4.79 Å². The molecule has 20 heavy (non-hydrogen) atoms. The molecule has 0 bridgehead atoms. The molecule has 1 atom stereocenters. The first-order valence-corrected chi connectivity index (χ1v) is 6.38. The molecule has 1 heterocycles. The van der Waals surface area contributed by atoms with E-state index in [2.05, 4.69) is 4.74 Å². The predicted octanol–water partition coefficient (Wildman–Crippen LogP) is 1.06. The van der Waals surface area contributed by atoms with E-state index in [1.54, 1.807) is 0 Å². The van der Waals surface area contributed by atoms with Crippen molar-refractivity contribution in [1.29, 1.82) is 0 Å². The molecule has 1 aliphatic heterocycles. The largest absolute Gasteiger partial charge is 0.508 e. The van der Waals surface area contributed by atoms with Crippen LogP contribution in [0.15, 0.2) is 18.2 Å². The molecule has 1 aromatic rings. The van der Waals surface area contributed by atoms with Crippen molar-refractivity contribution in [3.63, 3.8) is 0 Å². The van der Waals surface area contributed by atoms with E-state index >= 15 is 0 Å². The van der Waals surface area contributed by atoms with E-state index in [0.29, 0.717) is 6.54 Å². The Bertz CT molecular complexity index is 533. The van der Waals surface area contributed by atoms with Gasteiger partial charge in [0.15, 0.2) is 6.10 Å². The number of halogens is 1. The van der Waals surface area contributed by atoms with Gasteiger partial charge in [0.2, 0.25) is 0 Å². The number of methoxy groups -OCH3 is 1. The van der Waals surface area contributed by atoms with Crippen LogP contribution in [0.4, 0.5) is 0 Å². The van der Waals surface area contributed by atoms with Crippen molar-refractivity contribution in [3.05, 3.63) is 28.8 Å². The summed E-state index contributed by atoms with van der Waals surface area (Å²) in [6.07, 6.45) is -0.797. The molecule has 108 valence electrons. The van der Waals surface area contributed by atoms with Gasteiger partial charge in [0, 0.05) is 6.54 Å². The number of benzene rings is 1. The first-order valence-electron chi connectivity index (χ1n) is 6.00. The summed E-state index contributed by atoms with van der Waals surface area (Å²) >= 11 is 5.96. The van der Waals surface area contributed by atoms with Gasteiger partial charge >= 0.3 is 5.97 Å². The number of rotatable bonds is 2. The lowest BCUT2D eigenvalue weighted by Crippen LogP contribution is -2.48. The highest BCUT2D eigenvalue weighted by molar-refractivity contribution is 6.33. The number of phenolic OH excluding ortho intramolecular Hbond substituents is 1. The zero-order chi connectivity index (χ0) is 14.7. The summed E-state index contributed by atoms with van der Waals surface area (Å²) < 4.78 is 9.85. The predicted molar refractivity (Wildman–Crippen MR) is 70.8 cm³/mol. The first-order chi connectivity index (χ1) is 9.52. The Hall–Kier alpha value is -1.79. The molecule has 1 unspecified atom stereocenters. The van der Waals surface area contributed by atoms with Gasteiger partial charge in [-0.25, -0.2) is 4.79 Å². The summed E-state index contributed by atoms with van der Waals surface area (Å²) in [5.41, 5.74) is 0.192. The van der Waals surface area contributed by atoms with E-state index in [9.17, 15) is 14.7 Å². The fourth-order valence-corrected chi connectivity index (χ4v) is 2.15. The lowest BCUT2D eigenvalue weighted by Gasteiger charge is -2.31. The highest BCUT2D eigenvalue weighted by Gasteiger charge is 2.31. The first kappa shape index (κ1) is 14.6. The molecule has 0 radical (unpaired) electrons. The van der Waals surface area contributed by atoms with Gasteiger partial charge in [0.05, 0.1) is 30.8 Å². The number of aromatic hydroxyl groups is 1. The minimum atomic E-state index is -0.797. The molecule has 0 aromatic heterocycles. The Balaban J connectivity index is 2.16. The van der Waals surface area contributed by atoms with Crippen LogP contribution in [-0.2, 0) is 14.3 Å². The van der Waals surface area contributed by atoms with Crippen LogP contribution in [0, 0.1) is 0 Å². The van der Waals surface area contributed by atoms with Gasteiger partial charge in [-0.2, -0.15) is 0 Å². The molecule has 2 rings (SSSR count). The number of hydrogen-bond acceptors (Lipinski definition) is 5. The fraction of sp³-hybridized carbons (Fsp3) is 0.385. The van der Waals surface area contributed by atoms with Crippen molar-refractivity contribution in [1.82, 2.24) is 4.90 Å². The Labute approximate surface area is 120 Å². The number of carbonyl (C=O) groups excluding carboxylic acids is 2. The van der Waals surface area contributed by atoms with Crippen LogP contribution >= 0.6 is 11.6 Å². The number of phenols is 1. The van der Waals surface area contributed by atoms with Crippen molar-refractivity contribution in [2.24, 2.45) is 0 Å². The quantitative estimate of drug-likeness (QED) is 0.826. The van der Waals surface area contributed by atoms with Gasteiger partial charge in [0.25, 0.3) is 5.91 Å². The summed E-state index contributed by atoms with van der Waals surface area (Å²) in [5, 5.41) is 9.68. The van der Waals surface area contributed by atoms with Crippen LogP contribution in [0.2, 0.25) is 5.02 Å². The van der Waals surface area contributed by atoms with Crippen molar-refractivity contribution in [2.45, 2.75) is 6.10 Å². The third kappa shape index (κ3) is 3.02. The van der Waals surface area contributed by atoms with Crippen LogP contribution in [0.3, 0.4) is 0 Å². The number of hydrogen-bond donors (Lipinski definition) is 1. The van der Waals surface area contributed by atoms with E-state index in [-0.39, 0.29) is 35.4 Å². The molecule has 1 aliphatic rings. The third-order valence-electron chi connectivity index (χ3n) is 3.00. The summed E-state index contributed by atoms with van der Waals surface area (Å²) in [4.78, 5) is 25.2. The lowest BCUT2D eigenvalue weighted by atomic mass is 10.1. The van der Waals surface area contributed by atoms with Crippen LogP contribution in [0.5, 0.6) is 5.75 Å². The van der Waals surface area contributed by atoms with E-state index in [4.69, 9.17) is 16.3 Å². The van der Waals surface area contributed by atoms with Crippen molar-refractivity contribution in [3.8, 4) is 5.75 Å². The number of nitrogens with zero attached hydrogens (tertiary/aromatic N) is 1. The van der Waals surface area contributed by atoms with E-state index in [1.165, 1.54) is 30.2 Å². The van der Waals surface area contributed by atoms with Crippen LogP contribution in [-0.4, -0.2) is 54.8 Å². The van der Waals surface area contributed by atoms with Crippen molar-refractivity contribution < 1.29 is 24.2 Å². The monoisotopic (exact) mass is 299 g/mol. The topological polar surface area (TPSA) is 76.1 Å². The summed E-state index contributed by atoms with van der Waals surface area (Å²) in [6.45, 7) is 0.678. The highest BCUT2D eigenvalue weighted by atomic mass is 35.5. The van der Waals surface area contributed by atoms with Crippen LogP contribution < -0.4 is 0 Å². The second kappa shape index (κ2) is 6.11. The summed E-state index contributed by atoms with van der Waals surface area (Å²) in [7, 11) is 1.26. The highest BCUT2D eigenvalue weighted by Crippen LogP contribution is 2.23. The molecule has 0 spiro atoms. The maximum atomic E-state index is 12.4. The van der Waals surface area contributed by atoms with E-state index in [1.807, 2.05) is 0 Å². The lowest BCUT2D eigenvalue weighted by molar-refractivity contribution is -0.158. The number of esters is 1. The molecule has 0 aliphatic carbocycles. The molecule has 1 amide bonds. The second-order valence-corrected chi connectivity index (χ2v) is 4.71. The third-order valence-corrected chi connectivity index (χ3v) is 3.33. The van der Waals surface area contributed by atoms with Crippen LogP contribution in [0.25, 0.3) is 0 Å². The normalized spacial score (nSPS) is 18.7. The van der Waals surface area contributed by atoms with Crippen molar-refractivity contribution in [2.75, 3.05) is 26.8 Å². The molecule has 7 heteroatoms. The molecular weight excluding hydrogens is 286 g/mol. The van der Waals surface area contributed by atoms with Gasteiger partial charge in [-0.1, -0.05) is 11.6 Å². The van der Waals surface area contributed by atoms with Crippen LogP contribution in [0.1, 0.15) is 10.4 Å². The standard InChI is InChI=1S/C13H14ClNO5/c1-19-13(18)11-7-15(4-5-20-11)12(17)9-6-8(16)2-3-10(9)14/h2-3,6,11,16H,4-5,7H2,1H3. The summed E-state index contributed by atoms with van der Waals surface area (Å²) in [6, 6.07) is 4.14. The smallest absolute Gasteiger partial charge is 0.336 e. The number of ether oxygens (including phenoxy) is 2. The molecule has 1 saturated heterocycles. The Morgan fingerprint density at radius 3 is 2.95 bits per heavy atom. The van der Waals surface area contributed by atoms with Gasteiger partial charge < -0.3 is 19.5 Å². The molecule has 0 saturated carbocycles. The Morgan fingerprint density at radius 2 is 2.25 bits per heavy atom. The number of carbonyl (C=O) groups is 2. The SMILES string of the molecule is COC(=O)C1CN(C(=O)c2cc(O)ccc2Cl)CCO1. The minimum Gasteiger partial charge on any atom is -0.508 e. The van der Waals surface area contributed by atoms with E-state index < -0.39 is 12.1 Å². The fourth-order valence-electron chi connectivity index (χ4n) is 1.96. The molecule has 1 N–H and O–H groups in total. The average Bonchev–Trinajstić information content (AvgIpc) is 2.48. The molecule has 1 aromatic carbocycles. The van der Waals surface area contributed by atoms with Gasteiger partial charge in [0.1, 0.15) is 5.75 Å². The number of morpholine rings is 1. The Morgan fingerprint density at radius 1 is 1.50 bits per heavy atom. The maximum absolute atomic E-state index is 12.4. The number of amides is 1. The maximum Gasteiger partial charge on any atom is 0.336 e. The summed E-state index contributed by atoms with van der Waals surface area (Å²) in [5.74, 6) is -0.928. The second-order valence-electron chi connectivity index (χ2n) is 4.30. The Kier molecular flexibility index (Phi) is 4.46. The average molecular weight is 300 g/mol. The molecule has 6 nitrogen and oxygen atoms in total. The van der Waals surface area contributed by atoms with Gasteiger partial charge in [-0.15, -0.1) is 0 Å². The zero-order valence-electron chi connectivity index (χ0n) is 10.8.